The Kier molecular flexibility index (Phi) is 5.34. The molecule has 4 nitrogen and oxygen atoms in total. The van der Waals surface area contributed by atoms with Gasteiger partial charge in [0, 0.05) is 13.6 Å². The predicted molar refractivity (Wildman–Crippen MR) is 96.3 cm³/mol. The van der Waals surface area contributed by atoms with E-state index in [1.54, 1.807) is 31.2 Å². The highest BCUT2D eigenvalue weighted by Crippen LogP contribution is 2.25. The number of ether oxygens (including phenoxy) is 1. The van der Waals surface area contributed by atoms with E-state index in [4.69, 9.17) is 4.74 Å². The molecule has 0 spiro atoms. The fourth-order valence-corrected chi connectivity index (χ4v) is 3.20. The zero-order valence-corrected chi connectivity index (χ0v) is 14.6. The number of amides is 1. The minimum Gasteiger partial charge on any atom is -0.497 e. The van der Waals surface area contributed by atoms with E-state index in [2.05, 4.69) is 5.32 Å². The van der Waals surface area contributed by atoms with Gasteiger partial charge in [0.15, 0.2) is 0 Å². The predicted octanol–water partition coefficient (Wildman–Crippen LogP) is 3.18. The number of hydrogen-bond donors (Lipinski definition) is 1. The summed E-state index contributed by atoms with van der Waals surface area (Å²) >= 11 is 0. The standard InChI is InChI=1S/C20H23FN2O2/c1-23(13-14-9-10-22-12-14)20(24)18-8-5-16(11-19(18)21)15-3-6-17(25-2)7-4-15/h3-8,11,14,22H,9-10,12-13H2,1-2H3/t14-/m1/s1. The lowest BCUT2D eigenvalue weighted by Crippen LogP contribution is -2.33. The third-order valence-corrected chi connectivity index (χ3v) is 4.66. The highest BCUT2D eigenvalue weighted by Gasteiger charge is 2.22. The number of benzene rings is 2. The van der Waals surface area contributed by atoms with Crippen LogP contribution < -0.4 is 10.1 Å². The summed E-state index contributed by atoms with van der Waals surface area (Å²) in [7, 11) is 3.34. The number of carbonyl (C=O) groups is 1. The maximum Gasteiger partial charge on any atom is 0.256 e. The van der Waals surface area contributed by atoms with Crippen molar-refractivity contribution in [2.24, 2.45) is 5.92 Å². The van der Waals surface area contributed by atoms with Crippen LogP contribution in [-0.4, -0.2) is 44.6 Å². The van der Waals surface area contributed by atoms with Crippen molar-refractivity contribution in [3.8, 4) is 16.9 Å². The van der Waals surface area contributed by atoms with E-state index in [0.717, 1.165) is 36.4 Å². The molecule has 3 rings (SSSR count). The molecule has 2 aromatic carbocycles. The summed E-state index contributed by atoms with van der Waals surface area (Å²) in [6.07, 6.45) is 1.05. The molecule has 1 amide bonds. The van der Waals surface area contributed by atoms with Gasteiger partial charge in [-0.2, -0.15) is 0 Å². The van der Waals surface area contributed by atoms with Crippen molar-refractivity contribution in [1.29, 1.82) is 0 Å². The monoisotopic (exact) mass is 342 g/mol. The Morgan fingerprint density at radius 1 is 1.24 bits per heavy atom. The quantitative estimate of drug-likeness (QED) is 0.907. The van der Waals surface area contributed by atoms with Gasteiger partial charge < -0.3 is 15.0 Å². The Hall–Kier alpha value is -2.40. The molecule has 1 aliphatic heterocycles. The van der Waals surface area contributed by atoms with Crippen LogP contribution in [0.5, 0.6) is 5.75 Å². The summed E-state index contributed by atoms with van der Waals surface area (Å²) in [4.78, 5) is 14.1. The molecule has 5 heteroatoms. The summed E-state index contributed by atoms with van der Waals surface area (Å²) in [5, 5.41) is 3.28. The third kappa shape index (κ3) is 3.99. The number of halogens is 1. The van der Waals surface area contributed by atoms with Gasteiger partial charge in [0.1, 0.15) is 11.6 Å². The van der Waals surface area contributed by atoms with E-state index in [1.807, 2.05) is 24.3 Å². The van der Waals surface area contributed by atoms with Gasteiger partial charge in [0.2, 0.25) is 0 Å². The molecular formula is C20H23FN2O2. The van der Waals surface area contributed by atoms with Crippen LogP contribution in [0.4, 0.5) is 4.39 Å². The molecule has 2 aromatic rings. The molecule has 1 atom stereocenters. The van der Waals surface area contributed by atoms with E-state index in [-0.39, 0.29) is 11.5 Å². The SMILES string of the molecule is COc1ccc(-c2ccc(C(=O)N(C)C[C@@H]3CCNC3)c(F)c2)cc1. The molecule has 25 heavy (non-hydrogen) atoms. The van der Waals surface area contributed by atoms with Crippen LogP contribution in [0.2, 0.25) is 0 Å². The lowest BCUT2D eigenvalue weighted by atomic mass is 10.0. The Bertz CT molecular complexity index is 740. The summed E-state index contributed by atoms with van der Waals surface area (Å²) in [5.41, 5.74) is 1.73. The van der Waals surface area contributed by atoms with Gasteiger partial charge in [-0.1, -0.05) is 18.2 Å². The molecule has 1 aliphatic rings. The number of carbonyl (C=O) groups excluding carboxylic acids is 1. The second-order valence-electron chi connectivity index (χ2n) is 6.47. The zero-order valence-electron chi connectivity index (χ0n) is 14.6. The summed E-state index contributed by atoms with van der Waals surface area (Å²) in [6, 6.07) is 12.2. The fraction of sp³-hybridized carbons (Fsp3) is 0.350. The zero-order chi connectivity index (χ0) is 17.8. The molecule has 0 bridgehead atoms. The van der Waals surface area contributed by atoms with Crippen LogP contribution >= 0.6 is 0 Å². The second-order valence-corrected chi connectivity index (χ2v) is 6.47. The minimum atomic E-state index is -0.491. The van der Waals surface area contributed by atoms with Crippen LogP contribution in [-0.2, 0) is 0 Å². The molecule has 1 saturated heterocycles. The van der Waals surface area contributed by atoms with E-state index < -0.39 is 5.82 Å². The van der Waals surface area contributed by atoms with Crippen molar-refractivity contribution in [2.45, 2.75) is 6.42 Å². The fourth-order valence-electron chi connectivity index (χ4n) is 3.20. The van der Waals surface area contributed by atoms with E-state index in [1.165, 1.54) is 6.07 Å². The molecule has 132 valence electrons. The Balaban J connectivity index is 1.75. The Labute approximate surface area is 147 Å². The number of nitrogens with one attached hydrogen (secondary N) is 1. The van der Waals surface area contributed by atoms with E-state index in [9.17, 15) is 9.18 Å². The minimum absolute atomic E-state index is 0.116. The molecule has 0 saturated carbocycles. The van der Waals surface area contributed by atoms with Gasteiger partial charge in [-0.25, -0.2) is 4.39 Å². The van der Waals surface area contributed by atoms with E-state index >= 15 is 0 Å². The van der Waals surface area contributed by atoms with Crippen molar-refractivity contribution in [3.63, 3.8) is 0 Å². The number of methoxy groups -OCH3 is 1. The average Bonchev–Trinajstić information content (AvgIpc) is 3.14. The smallest absolute Gasteiger partial charge is 0.256 e. The first-order chi connectivity index (χ1) is 12.1. The average molecular weight is 342 g/mol. The first kappa shape index (κ1) is 17.4. The molecule has 0 unspecified atom stereocenters. The maximum atomic E-state index is 14.5. The van der Waals surface area contributed by atoms with Crippen molar-refractivity contribution in [1.82, 2.24) is 10.2 Å². The number of rotatable bonds is 5. The lowest BCUT2D eigenvalue weighted by molar-refractivity contribution is 0.0771. The molecule has 1 fully saturated rings. The lowest BCUT2D eigenvalue weighted by Gasteiger charge is -2.21. The Morgan fingerprint density at radius 2 is 1.96 bits per heavy atom. The Morgan fingerprint density at radius 3 is 2.56 bits per heavy atom. The van der Waals surface area contributed by atoms with Crippen LogP contribution in [0.25, 0.3) is 11.1 Å². The van der Waals surface area contributed by atoms with Gasteiger partial charge in [-0.05, 0) is 60.8 Å². The summed E-state index contributed by atoms with van der Waals surface area (Å²) in [6.45, 7) is 2.54. The summed E-state index contributed by atoms with van der Waals surface area (Å²) < 4.78 is 19.7. The highest BCUT2D eigenvalue weighted by atomic mass is 19.1. The maximum absolute atomic E-state index is 14.5. The largest absolute Gasteiger partial charge is 0.497 e. The summed E-state index contributed by atoms with van der Waals surface area (Å²) in [5.74, 6) is 0.426. The van der Waals surface area contributed by atoms with Crippen molar-refractivity contribution in [2.75, 3.05) is 33.8 Å². The van der Waals surface area contributed by atoms with Gasteiger partial charge in [-0.3, -0.25) is 4.79 Å². The third-order valence-electron chi connectivity index (χ3n) is 4.66. The van der Waals surface area contributed by atoms with Crippen LogP contribution in [0, 0.1) is 11.7 Å². The van der Waals surface area contributed by atoms with Gasteiger partial charge >= 0.3 is 0 Å². The van der Waals surface area contributed by atoms with Crippen molar-refractivity contribution in [3.05, 3.63) is 53.8 Å². The van der Waals surface area contributed by atoms with Gasteiger partial charge in [0.05, 0.1) is 12.7 Å². The molecule has 1 N–H and O–H groups in total. The molecule has 0 aromatic heterocycles. The van der Waals surface area contributed by atoms with E-state index in [0.29, 0.717) is 12.5 Å². The van der Waals surface area contributed by atoms with Gasteiger partial charge in [0.25, 0.3) is 5.91 Å². The first-order valence-electron chi connectivity index (χ1n) is 8.48. The second kappa shape index (κ2) is 7.66. The molecule has 0 aliphatic carbocycles. The van der Waals surface area contributed by atoms with Crippen LogP contribution in [0.1, 0.15) is 16.8 Å². The topological polar surface area (TPSA) is 41.6 Å². The molecule has 1 heterocycles. The van der Waals surface area contributed by atoms with Gasteiger partial charge in [-0.15, -0.1) is 0 Å². The van der Waals surface area contributed by atoms with Crippen LogP contribution in [0.15, 0.2) is 42.5 Å². The number of nitrogens with zero attached hydrogens (tertiary/aromatic N) is 1. The van der Waals surface area contributed by atoms with Crippen LogP contribution in [0.3, 0.4) is 0 Å². The normalized spacial score (nSPS) is 16.7. The highest BCUT2D eigenvalue weighted by molar-refractivity contribution is 5.94. The first-order valence-corrected chi connectivity index (χ1v) is 8.48. The van der Waals surface area contributed by atoms with Crippen molar-refractivity contribution < 1.29 is 13.9 Å². The molecular weight excluding hydrogens is 319 g/mol. The van der Waals surface area contributed by atoms with Crippen molar-refractivity contribution >= 4 is 5.91 Å². The number of hydrogen-bond acceptors (Lipinski definition) is 3. The molecule has 0 radical (unpaired) electrons.